The van der Waals surface area contributed by atoms with Crippen molar-refractivity contribution in [2.24, 2.45) is 0 Å². The highest BCUT2D eigenvalue weighted by Crippen LogP contribution is 2.18. The quantitative estimate of drug-likeness (QED) is 0.579. The molecule has 22 heavy (non-hydrogen) atoms. The van der Waals surface area contributed by atoms with Gasteiger partial charge in [0.25, 0.3) is 0 Å². The third kappa shape index (κ3) is 4.19. The highest BCUT2D eigenvalue weighted by Gasteiger charge is 2.07. The van der Waals surface area contributed by atoms with Gasteiger partial charge in [-0.15, -0.1) is 0 Å². The molecule has 0 saturated carbocycles. The lowest BCUT2D eigenvalue weighted by molar-refractivity contribution is 0.100. The van der Waals surface area contributed by atoms with Crippen molar-refractivity contribution in [1.29, 1.82) is 0 Å². The highest BCUT2D eigenvalue weighted by atomic mass is 16.5. The largest absolute Gasteiger partial charge is 0.490 e. The monoisotopic (exact) mass is 298 g/mol. The Morgan fingerprint density at radius 1 is 0.818 bits per heavy atom. The molecule has 0 heterocycles. The fourth-order valence-corrected chi connectivity index (χ4v) is 1.98. The predicted molar refractivity (Wildman–Crippen MR) is 83.9 cm³/mol. The lowest BCUT2D eigenvalue weighted by atomic mass is 10.1. The number of benzene rings is 2. The fraction of sp³-hybridized carbons (Fsp3) is 0.222. The van der Waals surface area contributed by atoms with Gasteiger partial charge in [0, 0.05) is 5.56 Å². The summed E-state index contributed by atoms with van der Waals surface area (Å²) in [5.74, 6) is 1.23. The smallest absolute Gasteiger partial charge is 0.163 e. The van der Waals surface area contributed by atoms with Crippen LogP contribution in [0.1, 0.15) is 34.6 Å². The number of rotatable bonds is 7. The molecule has 0 fully saturated rings. The van der Waals surface area contributed by atoms with E-state index in [9.17, 15) is 9.59 Å². The van der Waals surface area contributed by atoms with Gasteiger partial charge >= 0.3 is 0 Å². The molecule has 0 unspecified atom stereocenters. The molecule has 0 radical (unpaired) electrons. The number of carbonyl (C=O) groups is 2. The zero-order chi connectivity index (χ0) is 15.9. The number of ether oxygens (including phenoxy) is 2. The standard InChI is InChI=1S/C18H18O4/c1-13(19)15-7-9-16(10-8-15)21-11-12-22-18-6-4-3-5-17(18)14(2)20/h3-10H,11-12H2,1-2H3. The van der Waals surface area contributed by atoms with Crippen molar-refractivity contribution >= 4 is 11.6 Å². The molecule has 4 nitrogen and oxygen atoms in total. The van der Waals surface area contributed by atoms with E-state index in [0.717, 1.165) is 0 Å². The van der Waals surface area contributed by atoms with Crippen LogP contribution < -0.4 is 9.47 Å². The van der Waals surface area contributed by atoms with E-state index in [1.165, 1.54) is 13.8 Å². The third-order valence-corrected chi connectivity index (χ3v) is 3.14. The summed E-state index contributed by atoms with van der Waals surface area (Å²) in [6.07, 6.45) is 0. The molecular formula is C18H18O4. The first-order valence-corrected chi connectivity index (χ1v) is 7.04. The van der Waals surface area contributed by atoms with Crippen LogP contribution in [-0.2, 0) is 0 Å². The number of carbonyl (C=O) groups excluding carboxylic acids is 2. The van der Waals surface area contributed by atoms with Gasteiger partial charge in [-0.1, -0.05) is 12.1 Å². The first-order chi connectivity index (χ1) is 10.6. The van der Waals surface area contributed by atoms with Crippen LogP contribution in [0.4, 0.5) is 0 Å². The zero-order valence-electron chi connectivity index (χ0n) is 12.7. The second-order valence-electron chi connectivity index (χ2n) is 4.83. The Hall–Kier alpha value is -2.62. The SMILES string of the molecule is CC(=O)c1ccc(OCCOc2ccccc2C(C)=O)cc1. The first kappa shape index (κ1) is 15.8. The molecule has 4 heteroatoms. The van der Waals surface area contributed by atoms with Crippen LogP contribution in [0.25, 0.3) is 0 Å². The third-order valence-electron chi connectivity index (χ3n) is 3.14. The zero-order valence-corrected chi connectivity index (χ0v) is 12.7. The first-order valence-electron chi connectivity index (χ1n) is 7.04. The van der Waals surface area contributed by atoms with Gasteiger partial charge < -0.3 is 9.47 Å². The molecule has 2 rings (SSSR count). The molecule has 2 aromatic rings. The fourth-order valence-electron chi connectivity index (χ4n) is 1.98. The van der Waals surface area contributed by atoms with Crippen molar-refractivity contribution < 1.29 is 19.1 Å². The van der Waals surface area contributed by atoms with E-state index in [-0.39, 0.29) is 11.6 Å². The summed E-state index contributed by atoms with van der Waals surface area (Å²) in [6.45, 7) is 3.72. The number of ketones is 2. The van der Waals surface area contributed by atoms with Crippen LogP contribution in [0.5, 0.6) is 11.5 Å². The van der Waals surface area contributed by atoms with Gasteiger partial charge in [0.15, 0.2) is 11.6 Å². The minimum Gasteiger partial charge on any atom is -0.490 e. The van der Waals surface area contributed by atoms with Gasteiger partial charge in [-0.25, -0.2) is 0 Å². The molecule has 0 N–H and O–H groups in total. The van der Waals surface area contributed by atoms with Crippen LogP contribution >= 0.6 is 0 Å². The molecule has 0 amide bonds. The molecule has 2 aromatic carbocycles. The van der Waals surface area contributed by atoms with Crippen molar-refractivity contribution in [3.05, 3.63) is 59.7 Å². The van der Waals surface area contributed by atoms with E-state index in [4.69, 9.17) is 9.47 Å². The molecular weight excluding hydrogens is 280 g/mol. The summed E-state index contributed by atoms with van der Waals surface area (Å²) >= 11 is 0. The normalized spacial score (nSPS) is 10.1. The van der Waals surface area contributed by atoms with Gasteiger partial charge in [0.2, 0.25) is 0 Å². The average Bonchev–Trinajstić information content (AvgIpc) is 2.52. The van der Waals surface area contributed by atoms with E-state index >= 15 is 0 Å². The molecule has 0 bridgehead atoms. The second kappa shape index (κ2) is 7.41. The molecule has 0 saturated heterocycles. The topological polar surface area (TPSA) is 52.6 Å². The van der Waals surface area contributed by atoms with Crippen LogP contribution in [0.15, 0.2) is 48.5 Å². The number of para-hydroxylation sites is 1. The van der Waals surface area contributed by atoms with Crippen molar-refractivity contribution in [1.82, 2.24) is 0 Å². The lowest BCUT2D eigenvalue weighted by Crippen LogP contribution is -2.10. The van der Waals surface area contributed by atoms with Gasteiger partial charge in [0.05, 0.1) is 5.56 Å². The van der Waals surface area contributed by atoms with Crippen LogP contribution in [-0.4, -0.2) is 24.8 Å². The van der Waals surface area contributed by atoms with E-state index in [0.29, 0.717) is 35.8 Å². The Kier molecular flexibility index (Phi) is 5.31. The Morgan fingerprint density at radius 2 is 1.45 bits per heavy atom. The maximum Gasteiger partial charge on any atom is 0.163 e. The average molecular weight is 298 g/mol. The Morgan fingerprint density at radius 3 is 2.09 bits per heavy atom. The van der Waals surface area contributed by atoms with E-state index < -0.39 is 0 Å². The van der Waals surface area contributed by atoms with E-state index in [1.807, 2.05) is 6.07 Å². The number of Topliss-reactive ketones (excluding diaryl/α,β-unsaturated/α-hetero) is 2. The van der Waals surface area contributed by atoms with E-state index in [2.05, 4.69) is 0 Å². The predicted octanol–water partition coefficient (Wildman–Crippen LogP) is 3.55. The molecule has 114 valence electrons. The molecule has 0 aliphatic heterocycles. The summed E-state index contributed by atoms with van der Waals surface area (Å²) in [6, 6.07) is 14.1. The number of hydrogen-bond donors (Lipinski definition) is 0. The minimum absolute atomic E-state index is 0.0238. The van der Waals surface area contributed by atoms with Gasteiger partial charge in [-0.2, -0.15) is 0 Å². The summed E-state index contributed by atoms with van der Waals surface area (Å²) in [5.41, 5.74) is 1.22. The maximum atomic E-state index is 11.5. The van der Waals surface area contributed by atoms with Crippen LogP contribution in [0.2, 0.25) is 0 Å². The van der Waals surface area contributed by atoms with E-state index in [1.54, 1.807) is 42.5 Å². The van der Waals surface area contributed by atoms with Crippen molar-refractivity contribution in [3.63, 3.8) is 0 Å². The van der Waals surface area contributed by atoms with Crippen molar-refractivity contribution in [2.45, 2.75) is 13.8 Å². The molecule has 0 spiro atoms. The van der Waals surface area contributed by atoms with Gasteiger partial charge in [-0.3, -0.25) is 9.59 Å². The summed E-state index contributed by atoms with van der Waals surface area (Å²) < 4.78 is 11.1. The molecule has 0 aliphatic rings. The molecule has 0 aliphatic carbocycles. The number of hydrogen-bond acceptors (Lipinski definition) is 4. The molecule has 0 aromatic heterocycles. The highest BCUT2D eigenvalue weighted by molar-refractivity contribution is 5.96. The summed E-state index contributed by atoms with van der Waals surface area (Å²) in [4.78, 5) is 22.6. The van der Waals surface area contributed by atoms with Crippen molar-refractivity contribution in [2.75, 3.05) is 13.2 Å². The Bertz CT molecular complexity index is 659. The van der Waals surface area contributed by atoms with Crippen LogP contribution in [0, 0.1) is 0 Å². The van der Waals surface area contributed by atoms with Gasteiger partial charge in [-0.05, 0) is 50.2 Å². The lowest BCUT2D eigenvalue weighted by Gasteiger charge is -2.10. The minimum atomic E-state index is -0.0312. The second-order valence-corrected chi connectivity index (χ2v) is 4.83. The summed E-state index contributed by atoms with van der Waals surface area (Å²) in [5, 5.41) is 0. The maximum absolute atomic E-state index is 11.5. The van der Waals surface area contributed by atoms with Gasteiger partial charge in [0.1, 0.15) is 24.7 Å². The Balaban J connectivity index is 1.85. The molecule has 0 atom stereocenters. The van der Waals surface area contributed by atoms with Crippen LogP contribution in [0.3, 0.4) is 0 Å². The van der Waals surface area contributed by atoms with Crippen molar-refractivity contribution in [3.8, 4) is 11.5 Å². The summed E-state index contributed by atoms with van der Waals surface area (Å²) in [7, 11) is 0. The Labute approximate surface area is 129 Å².